The number of carboxylic acid groups (broad SMARTS) is 1. The summed E-state index contributed by atoms with van der Waals surface area (Å²) >= 11 is 0. The lowest BCUT2D eigenvalue weighted by atomic mass is 9.90. The van der Waals surface area contributed by atoms with E-state index in [-0.39, 0.29) is 6.61 Å². The molecule has 1 aromatic heterocycles. The summed E-state index contributed by atoms with van der Waals surface area (Å²) < 4.78 is 5.47. The molecule has 3 aromatic rings. The molecule has 0 spiro atoms. The van der Waals surface area contributed by atoms with Crippen LogP contribution in [-0.4, -0.2) is 35.0 Å². The molecule has 1 heterocycles. The molecule has 2 aromatic carbocycles. The van der Waals surface area contributed by atoms with Crippen molar-refractivity contribution in [1.82, 2.24) is 4.98 Å². The largest absolute Gasteiger partial charge is 0.482 e. The number of hydrogen-bond acceptors (Lipinski definition) is 5. The van der Waals surface area contributed by atoms with Gasteiger partial charge < -0.3 is 14.7 Å². The second kappa shape index (κ2) is 9.71. The summed E-state index contributed by atoms with van der Waals surface area (Å²) in [4.78, 5) is 20.8. The number of carboxylic acids is 1. The van der Waals surface area contributed by atoms with E-state index in [4.69, 9.17) is 14.7 Å². The minimum Gasteiger partial charge on any atom is -0.482 e. The van der Waals surface area contributed by atoms with Crippen molar-refractivity contribution in [1.29, 1.82) is 0 Å². The number of benzene rings is 2. The predicted molar refractivity (Wildman–Crippen MR) is 118 cm³/mol. The van der Waals surface area contributed by atoms with Gasteiger partial charge in [-0.15, -0.1) is 0 Å². The molecule has 0 radical (unpaired) electrons. The smallest absolute Gasteiger partial charge is 0.341 e. The fraction of sp³-hybridized carbons (Fsp3) is 0.160. The number of ether oxygens (including phenoxy) is 1. The number of oxime groups is 1. The van der Waals surface area contributed by atoms with Crippen molar-refractivity contribution in [2.45, 2.75) is 12.8 Å². The topological polar surface area (TPSA) is 81.0 Å². The Bertz CT molecular complexity index is 1070. The zero-order valence-electron chi connectivity index (χ0n) is 16.9. The molecule has 0 unspecified atom stereocenters. The monoisotopic (exact) mass is 414 g/mol. The van der Waals surface area contributed by atoms with Crippen molar-refractivity contribution in [3.05, 3.63) is 101 Å². The van der Waals surface area contributed by atoms with Gasteiger partial charge in [-0.3, -0.25) is 4.98 Å². The first-order valence-corrected chi connectivity index (χ1v) is 10.0. The van der Waals surface area contributed by atoms with Crippen molar-refractivity contribution >= 4 is 17.3 Å². The van der Waals surface area contributed by atoms with E-state index < -0.39 is 5.97 Å². The predicted octanol–water partition coefficient (Wildman–Crippen LogP) is 4.34. The van der Waals surface area contributed by atoms with Crippen molar-refractivity contribution in [2.75, 3.05) is 13.2 Å². The minimum atomic E-state index is -0.994. The molecule has 156 valence electrons. The molecule has 1 N–H and O–H groups in total. The molecule has 0 saturated carbocycles. The second-order valence-corrected chi connectivity index (χ2v) is 7.05. The summed E-state index contributed by atoms with van der Waals surface area (Å²) in [5.41, 5.74) is 5.63. The molecule has 6 heteroatoms. The van der Waals surface area contributed by atoms with Crippen molar-refractivity contribution in [2.24, 2.45) is 5.16 Å². The molecule has 31 heavy (non-hydrogen) atoms. The van der Waals surface area contributed by atoms with E-state index in [0.717, 1.165) is 46.4 Å². The molecule has 0 fully saturated rings. The minimum absolute atomic E-state index is 0.302. The molecule has 0 atom stereocenters. The van der Waals surface area contributed by atoms with E-state index in [1.807, 2.05) is 54.6 Å². The number of pyridine rings is 1. The van der Waals surface area contributed by atoms with Gasteiger partial charge in [0.1, 0.15) is 18.1 Å². The van der Waals surface area contributed by atoms with E-state index >= 15 is 0 Å². The Kier molecular flexibility index (Phi) is 6.38. The Morgan fingerprint density at radius 3 is 2.55 bits per heavy atom. The Balaban J connectivity index is 1.55. The maximum absolute atomic E-state index is 10.9. The maximum Gasteiger partial charge on any atom is 0.341 e. The number of hydrogen-bond donors (Lipinski definition) is 1. The molecule has 4 rings (SSSR count). The Morgan fingerprint density at radius 1 is 1.00 bits per heavy atom. The third-order valence-corrected chi connectivity index (χ3v) is 4.99. The molecular formula is C25H22N2O4. The highest BCUT2D eigenvalue weighted by molar-refractivity contribution is 6.12. The van der Waals surface area contributed by atoms with E-state index in [9.17, 15) is 4.79 Å². The third-order valence-electron chi connectivity index (χ3n) is 4.99. The molecule has 1 aliphatic rings. The lowest BCUT2D eigenvalue weighted by Crippen LogP contribution is -2.12. The number of carbonyl (C=O) groups is 1. The Hall–Kier alpha value is -3.93. The van der Waals surface area contributed by atoms with E-state index in [1.165, 1.54) is 0 Å². The lowest BCUT2D eigenvalue weighted by molar-refractivity contribution is -0.139. The SMILES string of the molecule is O=C(O)COc1cccc2c1CCC=C2CO/N=C(/c1ccccc1)c1ccncc1. The number of rotatable bonds is 8. The van der Waals surface area contributed by atoms with Gasteiger partial charge in [-0.2, -0.15) is 0 Å². The van der Waals surface area contributed by atoms with E-state index in [2.05, 4.69) is 16.2 Å². The van der Waals surface area contributed by atoms with Crippen molar-refractivity contribution < 1.29 is 19.5 Å². The average Bonchev–Trinajstić information content (AvgIpc) is 2.81. The lowest BCUT2D eigenvalue weighted by Gasteiger charge is -2.20. The Labute approximate surface area is 180 Å². The van der Waals surface area contributed by atoms with Gasteiger partial charge in [0.05, 0.1) is 0 Å². The standard InChI is InChI=1S/C25H22N2O4/c28-24(29)17-30-23-11-5-9-21-20(8-4-10-22(21)23)16-31-27-25(18-6-2-1-3-7-18)19-12-14-26-15-13-19/h1-3,5-9,11-15H,4,10,16-17H2,(H,28,29)/b27-25-. The summed E-state index contributed by atoms with van der Waals surface area (Å²) in [5.74, 6) is -0.387. The van der Waals surface area contributed by atoms with Crippen molar-refractivity contribution in [3.63, 3.8) is 0 Å². The van der Waals surface area contributed by atoms with Crippen LogP contribution in [0.4, 0.5) is 0 Å². The second-order valence-electron chi connectivity index (χ2n) is 7.05. The van der Waals surface area contributed by atoms with Crippen LogP contribution in [0.25, 0.3) is 5.57 Å². The highest BCUT2D eigenvalue weighted by Crippen LogP contribution is 2.33. The van der Waals surface area contributed by atoms with Crippen LogP contribution in [0.15, 0.2) is 84.3 Å². The summed E-state index contributed by atoms with van der Waals surface area (Å²) in [6, 6.07) is 19.3. The van der Waals surface area contributed by atoms with Crippen LogP contribution < -0.4 is 4.74 Å². The van der Waals surface area contributed by atoms with Gasteiger partial charge in [-0.25, -0.2) is 4.79 Å². The highest BCUT2D eigenvalue weighted by Gasteiger charge is 2.18. The van der Waals surface area contributed by atoms with Gasteiger partial charge >= 0.3 is 5.97 Å². The fourth-order valence-corrected chi connectivity index (χ4v) is 3.58. The quantitative estimate of drug-likeness (QED) is 0.438. The first kappa shape index (κ1) is 20.3. The van der Waals surface area contributed by atoms with Crippen LogP contribution in [0.5, 0.6) is 5.75 Å². The zero-order chi connectivity index (χ0) is 21.5. The summed E-state index contributed by atoms with van der Waals surface area (Å²) in [7, 11) is 0. The molecule has 1 aliphatic carbocycles. The fourth-order valence-electron chi connectivity index (χ4n) is 3.58. The average molecular weight is 414 g/mol. The van der Waals surface area contributed by atoms with Crippen LogP contribution >= 0.6 is 0 Å². The van der Waals surface area contributed by atoms with Crippen LogP contribution in [0, 0.1) is 0 Å². The Morgan fingerprint density at radius 2 is 1.77 bits per heavy atom. The normalized spacial score (nSPS) is 13.2. The maximum atomic E-state index is 10.9. The van der Waals surface area contributed by atoms with Gasteiger partial charge in [-0.1, -0.05) is 53.7 Å². The molecule has 0 bridgehead atoms. The van der Waals surface area contributed by atoms with Crippen molar-refractivity contribution in [3.8, 4) is 5.75 Å². The number of nitrogens with zero attached hydrogens (tertiary/aromatic N) is 2. The molecule has 0 aliphatic heterocycles. The summed E-state index contributed by atoms with van der Waals surface area (Å²) in [6.07, 6.45) is 7.22. The summed E-state index contributed by atoms with van der Waals surface area (Å²) in [5, 5.41) is 13.4. The first-order valence-electron chi connectivity index (χ1n) is 10.0. The van der Waals surface area contributed by atoms with Gasteiger partial charge in [0.15, 0.2) is 6.61 Å². The van der Waals surface area contributed by atoms with E-state index in [0.29, 0.717) is 12.4 Å². The molecule has 0 amide bonds. The van der Waals surface area contributed by atoms with Crippen LogP contribution in [0.3, 0.4) is 0 Å². The van der Waals surface area contributed by atoms with Gasteiger partial charge in [0, 0.05) is 29.1 Å². The van der Waals surface area contributed by atoms with Gasteiger partial charge in [0.2, 0.25) is 0 Å². The third kappa shape index (κ3) is 4.98. The van der Waals surface area contributed by atoms with Crippen LogP contribution in [0.1, 0.15) is 28.7 Å². The van der Waals surface area contributed by atoms with Crippen LogP contribution in [-0.2, 0) is 16.1 Å². The molecule has 6 nitrogen and oxygen atoms in total. The number of aliphatic carboxylic acids is 1. The van der Waals surface area contributed by atoms with Crippen LogP contribution in [0.2, 0.25) is 0 Å². The molecular weight excluding hydrogens is 392 g/mol. The van der Waals surface area contributed by atoms with Gasteiger partial charge in [0.25, 0.3) is 0 Å². The number of aromatic nitrogens is 1. The first-order chi connectivity index (χ1) is 15.2. The highest BCUT2D eigenvalue weighted by atomic mass is 16.6. The van der Waals surface area contributed by atoms with Gasteiger partial charge in [-0.05, 0) is 42.2 Å². The molecule has 0 saturated heterocycles. The zero-order valence-corrected chi connectivity index (χ0v) is 16.9. The number of fused-ring (bicyclic) bond motifs is 1. The van der Waals surface area contributed by atoms with E-state index in [1.54, 1.807) is 18.5 Å². The summed E-state index contributed by atoms with van der Waals surface area (Å²) in [6.45, 7) is -0.0561. The number of allylic oxidation sites excluding steroid dienone is 1.